The molecule has 0 unspecified atom stereocenters. The zero-order valence-electron chi connectivity index (χ0n) is 35.4. The van der Waals surface area contributed by atoms with E-state index in [1.165, 1.54) is 54.8 Å². The van der Waals surface area contributed by atoms with Gasteiger partial charge in [-0.2, -0.15) is 0 Å². The van der Waals surface area contributed by atoms with Crippen LogP contribution >= 0.6 is 0 Å². The van der Waals surface area contributed by atoms with Crippen LogP contribution < -0.4 is 4.90 Å². The molecule has 0 saturated carbocycles. The molecule has 11 aromatic carbocycles. The van der Waals surface area contributed by atoms with Gasteiger partial charge in [0, 0.05) is 49.7 Å². The number of rotatable bonds is 7. The van der Waals surface area contributed by atoms with Gasteiger partial charge in [0.05, 0.1) is 11.0 Å². The summed E-state index contributed by atoms with van der Waals surface area (Å²) in [7, 11) is 0. The van der Waals surface area contributed by atoms with E-state index < -0.39 is 0 Å². The molecule has 0 saturated heterocycles. The standard InChI is InChI=1S/C62H40N2O/c1-3-13-42(14-4-1)52-22-12-15-43-25-26-46(38-56(43)52)41-27-32-49(33-28-41)63(51-34-29-44-30-35-55-54-21-8-10-24-61(54)65-62(55)57(44)40-51)50-19-11-16-45(37-50)47-31-36-60-58(39-47)53-20-7-9-23-59(53)64(60)48-17-5-2-6-18-48/h1-40H. The fourth-order valence-electron chi connectivity index (χ4n) is 10.0. The van der Waals surface area contributed by atoms with Gasteiger partial charge in [0.25, 0.3) is 0 Å². The minimum Gasteiger partial charge on any atom is -0.455 e. The minimum absolute atomic E-state index is 0.897. The van der Waals surface area contributed by atoms with Crippen LogP contribution in [0.1, 0.15) is 0 Å². The van der Waals surface area contributed by atoms with Gasteiger partial charge in [-0.05, 0) is 134 Å². The lowest BCUT2D eigenvalue weighted by Crippen LogP contribution is -2.10. The van der Waals surface area contributed by atoms with E-state index in [9.17, 15) is 0 Å². The van der Waals surface area contributed by atoms with Gasteiger partial charge in [0.1, 0.15) is 11.2 Å². The van der Waals surface area contributed by atoms with E-state index in [0.717, 1.165) is 66.6 Å². The summed E-state index contributed by atoms with van der Waals surface area (Å²) in [4.78, 5) is 2.38. The van der Waals surface area contributed by atoms with Gasteiger partial charge in [0.2, 0.25) is 0 Å². The molecule has 0 aliphatic carbocycles. The van der Waals surface area contributed by atoms with Gasteiger partial charge < -0.3 is 13.9 Å². The predicted molar refractivity (Wildman–Crippen MR) is 274 cm³/mol. The topological polar surface area (TPSA) is 21.3 Å². The summed E-state index contributed by atoms with van der Waals surface area (Å²) in [5.41, 5.74) is 15.6. The molecule has 13 rings (SSSR count). The lowest BCUT2D eigenvalue weighted by atomic mass is 9.95. The SMILES string of the molecule is c1ccc(-c2cccc3ccc(-c4ccc(N(c5cccc(-c6ccc7c(c6)c6ccccc6n7-c6ccccc6)c5)c5ccc6ccc7c8ccccc8oc7c6c5)cc4)cc23)cc1. The van der Waals surface area contributed by atoms with Crippen LogP contribution in [0.15, 0.2) is 247 Å². The quantitative estimate of drug-likeness (QED) is 0.160. The van der Waals surface area contributed by atoms with E-state index in [2.05, 4.69) is 246 Å². The molecule has 0 aliphatic heterocycles. The van der Waals surface area contributed by atoms with Gasteiger partial charge >= 0.3 is 0 Å². The Morgan fingerprint density at radius 1 is 0.308 bits per heavy atom. The summed E-state index contributed by atoms with van der Waals surface area (Å²) in [5.74, 6) is 0. The monoisotopic (exact) mass is 828 g/mol. The Hall–Kier alpha value is -8.66. The van der Waals surface area contributed by atoms with Crippen molar-refractivity contribution in [3.05, 3.63) is 243 Å². The molecule has 0 amide bonds. The highest BCUT2D eigenvalue weighted by atomic mass is 16.3. The molecule has 3 nitrogen and oxygen atoms in total. The van der Waals surface area contributed by atoms with E-state index in [-0.39, 0.29) is 0 Å². The number of aromatic nitrogens is 1. The molecule has 0 N–H and O–H groups in total. The number of furan rings is 1. The highest BCUT2D eigenvalue weighted by Crippen LogP contribution is 2.43. The molecule has 304 valence electrons. The number of benzene rings is 11. The number of hydrogen-bond acceptors (Lipinski definition) is 2. The summed E-state index contributed by atoms with van der Waals surface area (Å²) >= 11 is 0. The van der Waals surface area contributed by atoms with Crippen LogP contribution in [0.3, 0.4) is 0 Å². The van der Waals surface area contributed by atoms with Crippen molar-refractivity contribution in [1.29, 1.82) is 0 Å². The second-order valence-corrected chi connectivity index (χ2v) is 16.9. The predicted octanol–water partition coefficient (Wildman–Crippen LogP) is 17.5. The molecule has 13 aromatic rings. The third-order valence-corrected chi connectivity index (χ3v) is 13.2. The van der Waals surface area contributed by atoms with E-state index in [0.29, 0.717) is 0 Å². The Labute approximate surface area is 376 Å². The lowest BCUT2D eigenvalue weighted by molar-refractivity contribution is 0.672. The van der Waals surface area contributed by atoms with E-state index in [1.807, 2.05) is 6.07 Å². The Kier molecular flexibility index (Phi) is 8.53. The van der Waals surface area contributed by atoms with Crippen LogP contribution in [0.4, 0.5) is 17.1 Å². The molecule has 0 aliphatic rings. The molecular weight excluding hydrogens is 789 g/mol. The fraction of sp³-hybridized carbons (Fsp3) is 0. The average Bonchev–Trinajstić information content (AvgIpc) is 3.93. The molecule has 0 radical (unpaired) electrons. The van der Waals surface area contributed by atoms with E-state index in [1.54, 1.807) is 0 Å². The van der Waals surface area contributed by atoms with Crippen molar-refractivity contribution < 1.29 is 4.42 Å². The second-order valence-electron chi connectivity index (χ2n) is 16.9. The normalized spacial score (nSPS) is 11.7. The van der Waals surface area contributed by atoms with Crippen molar-refractivity contribution in [3.8, 4) is 39.1 Å². The van der Waals surface area contributed by atoms with Gasteiger partial charge in [-0.1, -0.05) is 158 Å². The summed E-state index contributed by atoms with van der Waals surface area (Å²) in [6.45, 7) is 0. The summed E-state index contributed by atoms with van der Waals surface area (Å²) < 4.78 is 8.97. The number of anilines is 3. The highest BCUT2D eigenvalue weighted by molar-refractivity contribution is 6.16. The number of nitrogens with zero attached hydrogens (tertiary/aromatic N) is 2. The maximum absolute atomic E-state index is 6.60. The molecule has 0 spiro atoms. The summed E-state index contributed by atoms with van der Waals surface area (Å²) in [6.07, 6.45) is 0. The zero-order valence-corrected chi connectivity index (χ0v) is 35.4. The Bertz CT molecular complexity index is 3940. The first-order valence-electron chi connectivity index (χ1n) is 22.2. The van der Waals surface area contributed by atoms with Gasteiger partial charge in [-0.15, -0.1) is 0 Å². The molecule has 0 fully saturated rings. The first kappa shape index (κ1) is 36.9. The van der Waals surface area contributed by atoms with E-state index in [4.69, 9.17) is 4.42 Å². The molecule has 0 bridgehead atoms. The molecule has 65 heavy (non-hydrogen) atoms. The Morgan fingerprint density at radius 2 is 0.908 bits per heavy atom. The smallest absolute Gasteiger partial charge is 0.143 e. The van der Waals surface area contributed by atoms with Crippen LogP contribution in [0.2, 0.25) is 0 Å². The van der Waals surface area contributed by atoms with Gasteiger partial charge in [0.15, 0.2) is 0 Å². The van der Waals surface area contributed by atoms with Crippen LogP contribution in [0, 0.1) is 0 Å². The number of para-hydroxylation sites is 3. The molecule has 2 heterocycles. The van der Waals surface area contributed by atoms with Crippen molar-refractivity contribution in [2.24, 2.45) is 0 Å². The maximum atomic E-state index is 6.60. The van der Waals surface area contributed by atoms with Gasteiger partial charge in [-0.3, -0.25) is 0 Å². The van der Waals surface area contributed by atoms with Crippen molar-refractivity contribution in [1.82, 2.24) is 4.57 Å². The average molecular weight is 829 g/mol. The van der Waals surface area contributed by atoms with Crippen LogP contribution in [0.25, 0.3) is 104 Å². The van der Waals surface area contributed by atoms with Crippen molar-refractivity contribution in [3.63, 3.8) is 0 Å². The maximum Gasteiger partial charge on any atom is 0.143 e. The largest absolute Gasteiger partial charge is 0.455 e. The van der Waals surface area contributed by atoms with Crippen molar-refractivity contribution >= 4 is 82.4 Å². The van der Waals surface area contributed by atoms with Crippen LogP contribution in [0.5, 0.6) is 0 Å². The fourth-order valence-corrected chi connectivity index (χ4v) is 10.0. The summed E-state index contributed by atoms with van der Waals surface area (Å²) in [5, 5.41) is 9.42. The van der Waals surface area contributed by atoms with E-state index >= 15 is 0 Å². The summed E-state index contributed by atoms with van der Waals surface area (Å²) in [6, 6.07) is 87.8. The Balaban J connectivity index is 0.953. The number of fused-ring (bicyclic) bond motifs is 9. The minimum atomic E-state index is 0.897. The molecule has 3 heteroatoms. The Morgan fingerprint density at radius 3 is 1.78 bits per heavy atom. The van der Waals surface area contributed by atoms with Crippen LogP contribution in [-0.4, -0.2) is 4.57 Å². The molecular formula is C62H40N2O. The molecule has 2 aromatic heterocycles. The first-order chi connectivity index (χ1) is 32.2. The highest BCUT2D eigenvalue weighted by Gasteiger charge is 2.19. The van der Waals surface area contributed by atoms with Crippen molar-refractivity contribution in [2.45, 2.75) is 0 Å². The molecule has 0 atom stereocenters. The zero-order chi connectivity index (χ0) is 42.8. The second kappa shape index (κ2) is 15.0. The first-order valence-corrected chi connectivity index (χ1v) is 22.2. The third-order valence-electron chi connectivity index (χ3n) is 13.2. The van der Waals surface area contributed by atoms with Crippen molar-refractivity contribution in [2.75, 3.05) is 4.90 Å². The third kappa shape index (κ3) is 6.20. The lowest BCUT2D eigenvalue weighted by Gasteiger charge is -2.26. The van der Waals surface area contributed by atoms with Crippen LogP contribution in [-0.2, 0) is 0 Å². The number of hydrogen-bond donors (Lipinski definition) is 0. The van der Waals surface area contributed by atoms with Gasteiger partial charge in [-0.25, -0.2) is 0 Å².